The number of hydrogen-bond acceptors (Lipinski definition) is 5. The lowest BCUT2D eigenvalue weighted by atomic mass is 10.1. The van der Waals surface area contributed by atoms with Crippen molar-refractivity contribution < 1.29 is 18.0 Å². The van der Waals surface area contributed by atoms with Crippen molar-refractivity contribution in [2.45, 2.75) is 25.4 Å². The van der Waals surface area contributed by atoms with E-state index in [0.717, 1.165) is 38.1 Å². The topological polar surface area (TPSA) is 73.4 Å². The maximum Gasteiger partial charge on any atom is 0.416 e. The van der Waals surface area contributed by atoms with Crippen LogP contribution in [0.4, 0.5) is 41.1 Å². The number of urea groups is 1. The molecule has 1 fully saturated rings. The fourth-order valence-corrected chi connectivity index (χ4v) is 3.10. The molecule has 29 heavy (non-hydrogen) atoms. The molecule has 0 spiro atoms. The van der Waals surface area contributed by atoms with Crippen LogP contribution < -0.4 is 20.4 Å². The van der Waals surface area contributed by atoms with Gasteiger partial charge in [-0.2, -0.15) is 18.2 Å². The summed E-state index contributed by atoms with van der Waals surface area (Å²) in [4.78, 5) is 25.1. The largest absolute Gasteiger partial charge is 0.416 e. The Hall–Kier alpha value is -3.04. The summed E-state index contributed by atoms with van der Waals surface area (Å²) in [5, 5.41) is 5.02. The molecule has 0 radical (unpaired) electrons. The summed E-state index contributed by atoms with van der Waals surface area (Å²) in [5.41, 5.74) is -0.437. The number of halogens is 3. The van der Waals surface area contributed by atoms with E-state index < -0.39 is 17.8 Å². The molecule has 2 N–H and O–H groups in total. The Bertz CT molecular complexity index is 865. The van der Waals surface area contributed by atoms with Gasteiger partial charge in [-0.1, -0.05) is 6.07 Å². The third-order valence-corrected chi connectivity index (χ3v) is 4.51. The monoisotopic (exact) mass is 408 g/mol. The highest BCUT2D eigenvalue weighted by atomic mass is 19.4. The maximum absolute atomic E-state index is 12.8. The Morgan fingerprint density at radius 3 is 2.52 bits per heavy atom. The number of amides is 2. The lowest BCUT2D eigenvalue weighted by molar-refractivity contribution is -0.137. The normalized spacial score (nSPS) is 14.4. The molecule has 156 valence electrons. The van der Waals surface area contributed by atoms with Gasteiger partial charge < -0.3 is 20.4 Å². The molecule has 0 saturated carbocycles. The Balaban J connectivity index is 1.74. The summed E-state index contributed by atoms with van der Waals surface area (Å²) in [6, 6.07) is 3.77. The molecule has 2 amide bonds. The van der Waals surface area contributed by atoms with Crippen molar-refractivity contribution in [3.63, 3.8) is 0 Å². The summed E-state index contributed by atoms with van der Waals surface area (Å²) in [7, 11) is 3.58. The maximum atomic E-state index is 12.8. The molecule has 0 unspecified atom stereocenters. The average molecular weight is 408 g/mol. The van der Waals surface area contributed by atoms with Crippen LogP contribution in [0.1, 0.15) is 24.8 Å². The molecule has 2 aromatic rings. The van der Waals surface area contributed by atoms with E-state index in [0.29, 0.717) is 17.5 Å². The standard InChI is InChI=1S/C19H23F3N6O/c1-27(2)16-15(12-23-17(26-16)28-9-4-3-5-10-28)25-18(29)24-14-8-6-7-13(11-14)19(20,21)22/h6-8,11-12H,3-5,9-10H2,1-2H3,(H2,24,25,29). The van der Waals surface area contributed by atoms with E-state index in [9.17, 15) is 18.0 Å². The van der Waals surface area contributed by atoms with Crippen molar-refractivity contribution in [1.82, 2.24) is 9.97 Å². The number of piperidine rings is 1. The molecule has 0 bridgehead atoms. The van der Waals surface area contributed by atoms with Gasteiger partial charge in [0.15, 0.2) is 5.82 Å². The van der Waals surface area contributed by atoms with Gasteiger partial charge in [-0.15, -0.1) is 0 Å². The quantitative estimate of drug-likeness (QED) is 0.794. The molecule has 1 aliphatic heterocycles. The van der Waals surface area contributed by atoms with Crippen molar-refractivity contribution in [1.29, 1.82) is 0 Å². The number of aromatic nitrogens is 2. The molecule has 7 nitrogen and oxygen atoms in total. The van der Waals surface area contributed by atoms with Crippen LogP contribution >= 0.6 is 0 Å². The first-order chi connectivity index (χ1) is 13.7. The predicted molar refractivity (Wildman–Crippen MR) is 107 cm³/mol. The summed E-state index contributed by atoms with van der Waals surface area (Å²) in [6.45, 7) is 1.77. The number of nitrogens with one attached hydrogen (secondary N) is 2. The molecule has 1 aromatic heterocycles. The Kier molecular flexibility index (Phi) is 6.09. The van der Waals surface area contributed by atoms with Crippen molar-refractivity contribution in [3.8, 4) is 0 Å². The molecule has 0 atom stereocenters. The van der Waals surface area contributed by atoms with Gasteiger partial charge in [0.25, 0.3) is 0 Å². The number of benzene rings is 1. The molecule has 2 heterocycles. The van der Waals surface area contributed by atoms with Gasteiger partial charge in [0.1, 0.15) is 5.69 Å². The first-order valence-electron chi connectivity index (χ1n) is 9.28. The smallest absolute Gasteiger partial charge is 0.361 e. The summed E-state index contributed by atoms with van der Waals surface area (Å²) in [6.07, 6.45) is 0.384. The van der Waals surface area contributed by atoms with Gasteiger partial charge in [0, 0.05) is 32.9 Å². The second-order valence-electron chi connectivity index (χ2n) is 7.01. The molecule has 10 heteroatoms. The van der Waals surface area contributed by atoms with Crippen LogP contribution in [-0.4, -0.2) is 43.2 Å². The van der Waals surface area contributed by atoms with Crippen LogP contribution in [0.3, 0.4) is 0 Å². The van der Waals surface area contributed by atoms with Crippen molar-refractivity contribution in [2.24, 2.45) is 0 Å². The molecular formula is C19H23F3N6O. The average Bonchev–Trinajstić information content (AvgIpc) is 2.68. The van der Waals surface area contributed by atoms with E-state index in [1.165, 1.54) is 24.8 Å². The minimum absolute atomic E-state index is 0.0367. The van der Waals surface area contributed by atoms with E-state index in [2.05, 4.69) is 25.5 Å². The highest BCUT2D eigenvalue weighted by molar-refractivity contribution is 6.01. The van der Waals surface area contributed by atoms with Crippen LogP contribution in [0.25, 0.3) is 0 Å². The third kappa shape index (κ3) is 5.27. The first kappa shape index (κ1) is 20.7. The fourth-order valence-electron chi connectivity index (χ4n) is 3.10. The highest BCUT2D eigenvalue weighted by Crippen LogP contribution is 2.31. The van der Waals surface area contributed by atoms with Gasteiger partial charge in [0.2, 0.25) is 5.95 Å². The van der Waals surface area contributed by atoms with Crippen LogP contribution in [0.15, 0.2) is 30.5 Å². The van der Waals surface area contributed by atoms with E-state index in [-0.39, 0.29) is 5.69 Å². The van der Waals surface area contributed by atoms with Crippen LogP contribution in [0, 0.1) is 0 Å². The van der Waals surface area contributed by atoms with Crippen molar-refractivity contribution in [3.05, 3.63) is 36.0 Å². The predicted octanol–water partition coefficient (Wildman–Crippen LogP) is 4.20. The second-order valence-corrected chi connectivity index (χ2v) is 7.01. The number of hydrogen-bond donors (Lipinski definition) is 2. The van der Waals surface area contributed by atoms with E-state index in [4.69, 9.17) is 0 Å². The molecule has 1 saturated heterocycles. The number of alkyl halides is 3. The Labute approximate surface area is 166 Å². The molecular weight excluding hydrogens is 385 g/mol. The van der Waals surface area contributed by atoms with Crippen molar-refractivity contribution >= 4 is 29.2 Å². The highest BCUT2D eigenvalue weighted by Gasteiger charge is 2.30. The lowest BCUT2D eigenvalue weighted by Gasteiger charge is -2.28. The Morgan fingerprint density at radius 1 is 1.14 bits per heavy atom. The molecule has 0 aliphatic carbocycles. The second kappa shape index (κ2) is 8.54. The minimum Gasteiger partial charge on any atom is -0.361 e. The number of rotatable bonds is 4. The SMILES string of the molecule is CN(C)c1nc(N2CCCCC2)ncc1NC(=O)Nc1cccc(C(F)(F)F)c1. The Morgan fingerprint density at radius 2 is 1.86 bits per heavy atom. The summed E-state index contributed by atoms with van der Waals surface area (Å²) >= 11 is 0. The number of anilines is 4. The number of carbonyl (C=O) groups is 1. The summed E-state index contributed by atoms with van der Waals surface area (Å²) in [5.74, 6) is 1.11. The van der Waals surface area contributed by atoms with Gasteiger partial charge in [0.05, 0.1) is 11.8 Å². The van der Waals surface area contributed by atoms with Crippen LogP contribution in [0.2, 0.25) is 0 Å². The zero-order valence-corrected chi connectivity index (χ0v) is 16.3. The van der Waals surface area contributed by atoms with E-state index in [1.807, 2.05) is 0 Å². The van der Waals surface area contributed by atoms with Crippen LogP contribution in [0.5, 0.6) is 0 Å². The van der Waals surface area contributed by atoms with Gasteiger partial charge in [-0.25, -0.2) is 9.78 Å². The molecule has 3 rings (SSSR count). The van der Waals surface area contributed by atoms with E-state index >= 15 is 0 Å². The zero-order valence-electron chi connectivity index (χ0n) is 16.3. The number of nitrogens with zero attached hydrogens (tertiary/aromatic N) is 4. The van der Waals surface area contributed by atoms with Crippen molar-refractivity contribution in [2.75, 3.05) is 47.6 Å². The van der Waals surface area contributed by atoms with Gasteiger partial charge >= 0.3 is 12.2 Å². The molecule has 1 aromatic carbocycles. The lowest BCUT2D eigenvalue weighted by Crippen LogP contribution is -2.31. The van der Waals surface area contributed by atoms with Gasteiger partial charge in [-0.3, -0.25) is 0 Å². The fraction of sp³-hybridized carbons (Fsp3) is 0.421. The van der Waals surface area contributed by atoms with E-state index in [1.54, 1.807) is 19.0 Å². The third-order valence-electron chi connectivity index (χ3n) is 4.51. The minimum atomic E-state index is -4.48. The molecule has 1 aliphatic rings. The number of carbonyl (C=O) groups excluding carboxylic acids is 1. The first-order valence-corrected chi connectivity index (χ1v) is 9.28. The van der Waals surface area contributed by atoms with Gasteiger partial charge in [-0.05, 0) is 37.5 Å². The van der Waals surface area contributed by atoms with Crippen LogP contribution in [-0.2, 0) is 6.18 Å². The zero-order chi connectivity index (χ0) is 21.0. The summed E-state index contributed by atoms with van der Waals surface area (Å²) < 4.78 is 38.5.